The number of amides is 1. The Morgan fingerprint density at radius 2 is 2.00 bits per heavy atom. The standard InChI is InChI=1S/C8H15NO3/c1-5-12-8(11)6(2)9(4)7(3)10/h6H,5H2,1-4H3. The summed E-state index contributed by atoms with van der Waals surface area (Å²) >= 11 is 0. The lowest BCUT2D eigenvalue weighted by molar-refractivity contribution is -0.152. The van der Waals surface area contributed by atoms with Gasteiger partial charge in [0, 0.05) is 14.0 Å². The Hall–Kier alpha value is -1.06. The van der Waals surface area contributed by atoms with Crippen LogP contribution in [0.4, 0.5) is 0 Å². The average molecular weight is 173 g/mol. The van der Waals surface area contributed by atoms with E-state index in [4.69, 9.17) is 4.74 Å². The number of likely N-dealkylation sites (N-methyl/N-ethyl adjacent to an activating group) is 1. The molecule has 0 fully saturated rings. The van der Waals surface area contributed by atoms with Crippen LogP contribution in [0.25, 0.3) is 0 Å². The maximum absolute atomic E-state index is 11.1. The molecule has 70 valence electrons. The van der Waals surface area contributed by atoms with Gasteiger partial charge in [-0.2, -0.15) is 0 Å². The van der Waals surface area contributed by atoms with Gasteiger partial charge in [-0.1, -0.05) is 0 Å². The number of hydrogen-bond donors (Lipinski definition) is 0. The average Bonchev–Trinajstić information content (AvgIpc) is 2.02. The van der Waals surface area contributed by atoms with Crippen LogP contribution in [0.1, 0.15) is 20.8 Å². The highest BCUT2D eigenvalue weighted by Gasteiger charge is 2.20. The highest BCUT2D eigenvalue weighted by molar-refractivity contribution is 5.82. The fourth-order valence-electron chi connectivity index (χ4n) is 0.694. The zero-order valence-electron chi connectivity index (χ0n) is 7.96. The molecule has 0 radical (unpaired) electrons. The van der Waals surface area contributed by atoms with Crippen LogP contribution in [0.2, 0.25) is 0 Å². The van der Waals surface area contributed by atoms with Gasteiger partial charge in [0.15, 0.2) is 0 Å². The number of esters is 1. The Morgan fingerprint density at radius 3 is 2.33 bits per heavy atom. The predicted molar refractivity (Wildman–Crippen MR) is 44.5 cm³/mol. The van der Waals surface area contributed by atoms with Gasteiger partial charge in [0.1, 0.15) is 6.04 Å². The summed E-state index contributed by atoms with van der Waals surface area (Å²) in [4.78, 5) is 23.2. The fourth-order valence-corrected chi connectivity index (χ4v) is 0.694. The minimum Gasteiger partial charge on any atom is -0.464 e. The molecule has 0 saturated carbocycles. The fraction of sp³-hybridized carbons (Fsp3) is 0.750. The van der Waals surface area contributed by atoms with Gasteiger partial charge in [0.05, 0.1) is 6.61 Å². The second kappa shape index (κ2) is 4.74. The van der Waals surface area contributed by atoms with E-state index in [1.807, 2.05) is 0 Å². The highest BCUT2D eigenvalue weighted by Crippen LogP contribution is 1.98. The lowest BCUT2D eigenvalue weighted by atomic mass is 10.3. The summed E-state index contributed by atoms with van der Waals surface area (Å²) in [6, 6.07) is -0.498. The van der Waals surface area contributed by atoms with E-state index in [0.29, 0.717) is 6.61 Å². The Balaban J connectivity index is 4.09. The van der Waals surface area contributed by atoms with Crippen LogP contribution in [0, 0.1) is 0 Å². The van der Waals surface area contributed by atoms with E-state index in [1.165, 1.54) is 11.8 Å². The van der Waals surface area contributed by atoms with Gasteiger partial charge in [0.2, 0.25) is 5.91 Å². The van der Waals surface area contributed by atoms with Gasteiger partial charge in [0.25, 0.3) is 0 Å². The number of carbonyl (C=O) groups is 2. The van der Waals surface area contributed by atoms with E-state index >= 15 is 0 Å². The van der Waals surface area contributed by atoms with Crippen molar-refractivity contribution in [2.24, 2.45) is 0 Å². The first-order valence-corrected chi connectivity index (χ1v) is 3.90. The Bertz CT molecular complexity index is 179. The molecule has 12 heavy (non-hydrogen) atoms. The molecule has 0 aliphatic heterocycles. The van der Waals surface area contributed by atoms with Crippen LogP contribution < -0.4 is 0 Å². The quantitative estimate of drug-likeness (QED) is 0.581. The van der Waals surface area contributed by atoms with Gasteiger partial charge in [-0.25, -0.2) is 4.79 Å². The van der Waals surface area contributed by atoms with Crippen molar-refractivity contribution < 1.29 is 14.3 Å². The first-order valence-electron chi connectivity index (χ1n) is 3.90. The van der Waals surface area contributed by atoms with E-state index in [9.17, 15) is 9.59 Å². The third-order valence-corrected chi connectivity index (χ3v) is 1.71. The van der Waals surface area contributed by atoms with Gasteiger partial charge >= 0.3 is 5.97 Å². The van der Waals surface area contributed by atoms with Crippen LogP contribution in [0.3, 0.4) is 0 Å². The maximum atomic E-state index is 11.1. The summed E-state index contributed by atoms with van der Waals surface area (Å²) in [7, 11) is 1.57. The largest absolute Gasteiger partial charge is 0.464 e. The number of carbonyl (C=O) groups excluding carboxylic acids is 2. The number of ether oxygens (including phenoxy) is 1. The number of hydrogen-bond acceptors (Lipinski definition) is 3. The number of rotatable bonds is 3. The molecule has 0 aromatic heterocycles. The van der Waals surface area contributed by atoms with Crippen LogP contribution in [-0.4, -0.2) is 36.5 Å². The van der Waals surface area contributed by atoms with Crippen LogP contribution in [0.5, 0.6) is 0 Å². The maximum Gasteiger partial charge on any atom is 0.328 e. The Morgan fingerprint density at radius 1 is 1.50 bits per heavy atom. The molecular formula is C8H15NO3. The predicted octanol–water partition coefficient (Wildman–Crippen LogP) is 0.416. The second-order valence-electron chi connectivity index (χ2n) is 2.56. The monoisotopic (exact) mass is 173 g/mol. The Kier molecular flexibility index (Phi) is 4.33. The summed E-state index contributed by atoms with van der Waals surface area (Å²) in [5, 5.41) is 0. The second-order valence-corrected chi connectivity index (χ2v) is 2.56. The third-order valence-electron chi connectivity index (χ3n) is 1.71. The van der Waals surface area contributed by atoms with Gasteiger partial charge in [-0.15, -0.1) is 0 Å². The molecule has 0 aliphatic carbocycles. The summed E-state index contributed by atoms with van der Waals surface area (Å²) in [5.41, 5.74) is 0. The van der Waals surface area contributed by atoms with Crippen LogP contribution >= 0.6 is 0 Å². The Labute approximate surface area is 72.5 Å². The van der Waals surface area contributed by atoms with Crippen molar-refractivity contribution in [1.82, 2.24) is 4.90 Å². The molecule has 0 spiro atoms. The molecule has 1 amide bonds. The van der Waals surface area contributed by atoms with Crippen molar-refractivity contribution in [3.8, 4) is 0 Å². The zero-order chi connectivity index (χ0) is 9.72. The van der Waals surface area contributed by atoms with E-state index < -0.39 is 6.04 Å². The molecule has 0 bridgehead atoms. The third kappa shape index (κ3) is 2.90. The van der Waals surface area contributed by atoms with Crippen molar-refractivity contribution >= 4 is 11.9 Å². The molecule has 0 N–H and O–H groups in total. The van der Waals surface area contributed by atoms with Crippen LogP contribution in [0.15, 0.2) is 0 Å². The molecule has 1 atom stereocenters. The molecule has 0 saturated heterocycles. The number of nitrogens with zero attached hydrogens (tertiary/aromatic N) is 1. The van der Waals surface area contributed by atoms with Crippen molar-refractivity contribution in [2.75, 3.05) is 13.7 Å². The van der Waals surface area contributed by atoms with Crippen molar-refractivity contribution in [3.05, 3.63) is 0 Å². The lowest BCUT2D eigenvalue weighted by Crippen LogP contribution is -2.40. The first kappa shape index (κ1) is 10.9. The van der Waals surface area contributed by atoms with Gasteiger partial charge in [-0.05, 0) is 13.8 Å². The molecule has 4 nitrogen and oxygen atoms in total. The normalized spacial score (nSPS) is 12.0. The SMILES string of the molecule is CCOC(=O)C(C)N(C)C(C)=O. The minimum absolute atomic E-state index is 0.143. The summed E-state index contributed by atoms with van der Waals surface area (Å²) in [6.45, 7) is 5.13. The summed E-state index contributed by atoms with van der Waals surface area (Å²) in [5.74, 6) is -0.509. The molecule has 1 unspecified atom stereocenters. The highest BCUT2D eigenvalue weighted by atomic mass is 16.5. The molecular weight excluding hydrogens is 158 g/mol. The summed E-state index contributed by atoms with van der Waals surface area (Å²) in [6.07, 6.45) is 0. The summed E-state index contributed by atoms with van der Waals surface area (Å²) < 4.78 is 4.74. The van der Waals surface area contributed by atoms with Crippen molar-refractivity contribution in [2.45, 2.75) is 26.8 Å². The van der Waals surface area contributed by atoms with Gasteiger partial charge < -0.3 is 9.64 Å². The molecule has 0 heterocycles. The topological polar surface area (TPSA) is 46.6 Å². The minimum atomic E-state index is -0.498. The molecule has 0 rings (SSSR count). The lowest BCUT2D eigenvalue weighted by Gasteiger charge is -2.21. The molecule has 0 aromatic carbocycles. The van der Waals surface area contributed by atoms with Crippen molar-refractivity contribution in [3.63, 3.8) is 0 Å². The zero-order valence-corrected chi connectivity index (χ0v) is 7.96. The first-order chi connectivity index (χ1) is 5.50. The van der Waals surface area contributed by atoms with Crippen LogP contribution in [-0.2, 0) is 14.3 Å². The molecule has 4 heteroatoms. The van der Waals surface area contributed by atoms with E-state index in [-0.39, 0.29) is 11.9 Å². The molecule has 0 aromatic rings. The van der Waals surface area contributed by atoms with Crippen molar-refractivity contribution in [1.29, 1.82) is 0 Å². The van der Waals surface area contributed by atoms with E-state index in [0.717, 1.165) is 0 Å². The van der Waals surface area contributed by atoms with E-state index in [1.54, 1.807) is 20.9 Å². The smallest absolute Gasteiger partial charge is 0.328 e. The van der Waals surface area contributed by atoms with Gasteiger partial charge in [-0.3, -0.25) is 4.79 Å². The van der Waals surface area contributed by atoms with E-state index in [2.05, 4.69) is 0 Å². The molecule has 0 aliphatic rings.